The molecule has 3 N–H and O–H groups in total. The lowest BCUT2D eigenvalue weighted by Crippen LogP contribution is -2.38. The minimum absolute atomic E-state index is 0. The summed E-state index contributed by atoms with van der Waals surface area (Å²) in [6.45, 7) is 4.41. The summed E-state index contributed by atoms with van der Waals surface area (Å²) in [5.41, 5.74) is 3.13. The van der Waals surface area contributed by atoms with Crippen molar-refractivity contribution in [3.63, 3.8) is 0 Å². The first-order chi connectivity index (χ1) is 13.6. The van der Waals surface area contributed by atoms with Crippen LogP contribution in [0.25, 0.3) is 0 Å². The Morgan fingerprint density at radius 1 is 1.03 bits per heavy atom. The molecule has 158 valence electrons. The lowest BCUT2D eigenvalue weighted by molar-refractivity contribution is 0.0963. The highest BCUT2D eigenvalue weighted by Crippen LogP contribution is 2.13. The fraction of sp³-hybridized carbons (Fsp3) is 0.364. The van der Waals surface area contributed by atoms with E-state index in [4.69, 9.17) is 0 Å². The molecule has 0 saturated carbocycles. The van der Waals surface area contributed by atoms with Gasteiger partial charge >= 0.3 is 0 Å². The Kier molecular flexibility index (Phi) is 12.6. The largest absolute Gasteiger partial charge is 0.357 e. The number of carbonyl (C=O) groups excluding carboxylic acids is 1. The van der Waals surface area contributed by atoms with Crippen molar-refractivity contribution < 1.29 is 4.79 Å². The fourth-order valence-corrected chi connectivity index (χ4v) is 3.29. The highest BCUT2D eigenvalue weighted by Gasteiger charge is 2.04. The van der Waals surface area contributed by atoms with Gasteiger partial charge in [-0.05, 0) is 61.6 Å². The van der Waals surface area contributed by atoms with Gasteiger partial charge in [-0.3, -0.25) is 9.79 Å². The summed E-state index contributed by atoms with van der Waals surface area (Å²) in [4.78, 5) is 16.4. The molecule has 0 fully saturated rings. The minimum Gasteiger partial charge on any atom is -0.357 e. The van der Waals surface area contributed by atoms with Crippen molar-refractivity contribution in [2.24, 2.45) is 4.99 Å². The average Bonchev–Trinajstić information content (AvgIpc) is 2.71. The summed E-state index contributed by atoms with van der Waals surface area (Å²) < 4.78 is 1.11. The number of nitrogens with one attached hydrogen (secondary N) is 3. The third-order valence-electron chi connectivity index (χ3n) is 4.25. The Morgan fingerprint density at radius 2 is 1.76 bits per heavy atom. The van der Waals surface area contributed by atoms with E-state index in [1.165, 1.54) is 5.56 Å². The van der Waals surface area contributed by atoms with Crippen LogP contribution in [0.5, 0.6) is 0 Å². The van der Waals surface area contributed by atoms with Crippen molar-refractivity contribution in [2.45, 2.75) is 26.2 Å². The van der Waals surface area contributed by atoms with Gasteiger partial charge in [0, 0.05) is 36.7 Å². The first kappa shape index (κ1) is 25.4. The molecule has 2 aromatic carbocycles. The van der Waals surface area contributed by atoms with E-state index in [2.05, 4.69) is 62.0 Å². The number of halogens is 2. The quantitative estimate of drug-likeness (QED) is 0.183. The molecule has 5 nitrogen and oxygen atoms in total. The summed E-state index contributed by atoms with van der Waals surface area (Å²) in [5.74, 6) is 0.773. The summed E-state index contributed by atoms with van der Waals surface area (Å²) in [7, 11) is 1.65. The molecule has 0 aliphatic carbocycles. The van der Waals surface area contributed by atoms with Gasteiger partial charge in [-0.2, -0.15) is 0 Å². The van der Waals surface area contributed by atoms with Crippen molar-refractivity contribution in [1.82, 2.24) is 16.0 Å². The van der Waals surface area contributed by atoms with Crippen LogP contribution >= 0.6 is 39.9 Å². The second-order valence-corrected chi connectivity index (χ2v) is 7.37. The zero-order valence-electron chi connectivity index (χ0n) is 17.0. The highest BCUT2D eigenvalue weighted by atomic mass is 127. The number of amides is 1. The Labute approximate surface area is 199 Å². The minimum atomic E-state index is -0.0600. The van der Waals surface area contributed by atoms with Crippen LogP contribution in [0.15, 0.2) is 58.0 Å². The second-order valence-electron chi connectivity index (χ2n) is 6.45. The van der Waals surface area contributed by atoms with Crippen LogP contribution in [0, 0.1) is 0 Å². The molecule has 0 radical (unpaired) electrons. The molecule has 0 saturated heterocycles. The van der Waals surface area contributed by atoms with Crippen LogP contribution in [-0.4, -0.2) is 38.5 Å². The van der Waals surface area contributed by atoms with Crippen molar-refractivity contribution in [1.29, 1.82) is 0 Å². The summed E-state index contributed by atoms with van der Waals surface area (Å²) in [6, 6.07) is 16.1. The first-order valence-electron chi connectivity index (χ1n) is 9.70. The van der Waals surface area contributed by atoms with Gasteiger partial charge in [0.2, 0.25) is 0 Å². The van der Waals surface area contributed by atoms with E-state index in [0.29, 0.717) is 5.56 Å². The molecule has 1 amide bonds. The molecule has 0 spiro atoms. The lowest BCUT2D eigenvalue weighted by atomic mass is 10.1. The molecule has 0 unspecified atom stereocenters. The van der Waals surface area contributed by atoms with Gasteiger partial charge in [0.05, 0.1) is 0 Å². The monoisotopic (exact) mass is 572 g/mol. The number of guanidine groups is 1. The molecular formula is C22H30BrIN4O. The van der Waals surface area contributed by atoms with Gasteiger partial charge in [0.15, 0.2) is 5.96 Å². The normalized spacial score (nSPS) is 10.8. The second kappa shape index (κ2) is 14.4. The van der Waals surface area contributed by atoms with Gasteiger partial charge in [-0.15, -0.1) is 24.0 Å². The third-order valence-corrected chi connectivity index (χ3v) is 4.74. The SMILES string of the molecule is CCNC(=NCCCc1cccc(Br)c1)NCCc1cccc(C(=O)NC)c1.I. The van der Waals surface area contributed by atoms with E-state index in [-0.39, 0.29) is 29.9 Å². The molecule has 2 aromatic rings. The number of aliphatic imine (C=N–C) groups is 1. The van der Waals surface area contributed by atoms with Crippen LogP contribution in [0.4, 0.5) is 0 Å². The maximum atomic E-state index is 11.7. The predicted molar refractivity (Wildman–Crippen MR) is 135 cm³/mol. The standard InChI is InChI=1S/C22H29BrN4O.HI/c1-3-25-22(26-13-6-9-17-8-5-11-20(23)16-17)27-14-12-18-7-4-10-19(15-18)21(28)24-2;/h4-5,7-8,10-11,15-16H,3,6,9,12-14H2,1-2H3,(H,24,28)(H2,25,26,27);1H. The zero-order chi connectivity index (χ0) is 20.2. The number of hydrogen-bond acceptors (Lipinski definition) is 2. The number of nitrogens with zero attached hydrogens (tertiary/aromatic N) is 1. The van der Waals surface area contributed by atoms with Crippen molar-refractivity contribution in [2.75, 3.05) is 26.7 Å². The van der Waals surface area contributed by atoms with E-state index in [1.807, 2.05) is 30.3 Å². The highest BCUT2D eigenvalue weighted by molar-refractivity contribution is 14.0. The fourth-order valence-electron chi connectivity index (χ4n) is 2.85. The maximum absolute atomic E-state index is 11.7. The Morgan fingerprint density at radius 3 is 2.45 bits per heavy atom. The molecule has 2 rings (SSSR count). The van der Waals surface area contributed by atoms with Crippen molar-refractivity contribution in [3.8, 4) is 0 Å². The van der Waals surface area contributed by atoms with Crippen molar-refractivity contribution in [3.05, 3.63) is 69.7 Å². The topological polar surface area (TPSA) is 65.5 Å². The molecule has 0 aliphatic heterocycles. The average molecular weight is 573 g/mol. The molecule has 0 bridgehead atoms. The third kappa shape index (κ3) is 9.62. The molecule has 0 atom stereocenters. The smallest absolute Gasteiger partial charge is 0.251 e. The van der Waals surface area contributed by atoms with Crippen molar-refractivity contribution >= 4 is 51.8 Å². The number of aryl methyl sites for hydroxylation is 1. The van der Waals surface area contributed by atoms with E-state index in [0.717, 1.165) is 54.9 Å². The van der Waals surface area contributed by atoms with Crippen LogP contribution in [0.1, 0.15) is 34.8 Å². The Hall–Kier alpha value is -1.61. The molecular weight excluding hydrogens is 543 g/mol. The van der Waals surface area contributed by atoms with Crippen LogP contribution < -0.4 is 16.0 Å². The summed E-state index contributed by atoms with van der Waals surface area (Å²) in [5, 5.41) is 9.31. The van der Waals surface area contributed by atoms with Gasteiger partial charge in [-0.1, -0.05) is 40.2 Å². The molecule has 29 heavy (non-hydrogen) atoms. The Bertz CT molecular complexity index is 798. The van der Waals surface area contributed by atoms with Crippen LogP contribution in [0.2, 0.25) is 0 Å². The molecule has 0 heterocycles. The van der Waals surface area contributed by atoms with E-state index >= 15 is 0 Å². The molecule has 0 aliphatic rings. The van der Waals surface area contributed by atoms with Gasteiger partial charge in [-0.25, -0.2) is 0 Å². The number of carbonyl (C=O) groups is 1. The van der Waals surface area contributed by atoms with E-state index in [1.54, 1.807) is 7.05 Å². The van der Waals surface area contributed by atoms with Crippen LogP contribution in [0.3, 0.4) is 0 Å². The molecule has 0 aromatic heterocycles. The lowest BCUT2D eigenvalue weighted by Gasteiger charge is -2.12. The predicted octanol–water partition coefficient (Wildman–Crippen LogP) is 4.16. The maximum Gasteiger partial charge on any atom is 0.251 e. The van der Waals surface area contributed by atoms with Crippen LogP contribution in [-0.2, 0) is 12.8 Å². The van der Waals surface area contributed by atoms with E-state index < -0.39 is 0 Å². The van der Waals surface area contributed by atoms with E-state index in [9.17, 15) is 4.79 Å². The Balaban J connectivity index is 0.00000420. The zero-order valence-corrected chi connectivity index (χ0v) is 20.9. The van der Waals surface area contributed by atoms with Gasteiger partial charge < -0.3 is 16.0 Å². The number of rotatable bonds is 9. The molecule has 7 heteroatoms. The summed E-state index contributed by atoms with van der Waals surface area (Å²) in [6.07, 6.45) is 2.84. The number of benzene rings is 2. The first-order valence-corrected chi connectivity index (χ1v) is 10.5. The number of hydrogen-bond donors (Lipinski definition) is 3. The van der Waals surface area contributed by atoms with Gasteiger partial charge in [0.25, 0.3) is 5.91 Å². The summed E-state index contributed by atoms with van der Waals surface area (Å²) >= 11 is 3.51. The van der Waals surface area contributed by atoms with Gasteiger partial charge in [0.1, 0.15) is 0 Å².